The lowest BCUT2D eigenvalue weighted by atomic mass is 10.1. The first-order valence-corrected chi connectivity index (χ1v) is 6.41. The van der Waals surface area contributed by atoms with Crippen LogP contribution in [0.5, 0.6) is 0 Å². The second kappa shape index (κ2) is 4.39. The lowest BCUT2D eigenvalue weighted by molar-refractivity contribution is 0.502. The Hall–Kier alpha value is -0.130. The third-order valence-electron chi connectivity index (χ3n) is 2.32. The first kappa shape index (κ1) is 10.9. The fourth-order valence-electron chi connectivity index (χ4n) is 1.53. The van der Waals surface area contributed by atoms with Crippen LogP contribution >= 0.6 is 0 Å². The van der Waals surface area contributed by atoms with Crippen molar-refractivity contribution in [3.63, 3.8) is 0 Å². The molecule has 1 heterocycles. The lowest BCUT2D eigenvalue weighted by Crippen LogP contribution is -2.40. The van der Waals surface area contributed by atoms with Crippen molar-refractivity contribution < 1.29 is 8.42 Å². The van der Waals surface area contributed by atoms with Gasteiger partial charge in [0.15, 0.2) is 0 Å². The molecular weight excluding hydrogens is 188 g/mol. The number of hydrogen-bond donors (Lipinski definition) is 2. The van der Waals surface area contributed by atoms with Crippen LogP contribution in [0.2, 0.25) is 0 Å². The summed E-state index contributed by atoms with van der Waals surface area (Å²) >= 11 is 0. The van der Waals surface area contributed by atoms with Crippen LogP contribution in [0.1, 0.15) is 20.3 Å². The summed E-state index contributed by atoms with van der Waals surface area (Å²) in [6, 6.07) is 0.0801. The van der Waals surface area contributed by atoms with E-state index in [1.165, 1.54) is 0 Å². The second-order valence-electron chi connectivity index (χ2n) is 3.68. The Bertz CT molecular complexity index is 251. The van der Waals surface area contributed by atoms with Crippen molar-refractivity contribution in [2.24, 2.45) is 5.92 Å². The molecule has 0 aromatic carbocycles. The smallest absolute Gasteiger partial charge is 0.211 e. The van der Waals surface area contributed by atoms with Gasteiger partial charge in [0.05, 0.1) is 5.75 Å². The molecule has 0 amide bonds. The molecule has 78 valence electrons. The van der Waals surface area contributed by atoms with E-state index in [1.54, 1.807) is 0 Å². The third-order valence-corrected chi connectivity index (χ3v) is 3.93. The molecule has 0 spiro atoms. The van der Waals surface area contributed by atoms with Gasteiger partial charge in [0.2, 0.25) is 10.0 Å². The number of hydrogen-bond acceptors (Lipinski definition) is 3. The minimum atomic E-state index is -3.04. The van der Waals surface area contributed by atoms with Gasteiger partial charge in [-0.05, 0) is 18.9 Å². The van der Waals surface area contributed by atoms with Crippen molar-refractivity contribution in [2.75, 3.05) is 18.8 Å². The van der Waals surface area contributed by atoms with E-state index in [0.717, 1.165) is 13.1 Å². The van der Waals surface area contributed by atoms with Crippen molar-refractivity contribution in [2.45, 2.75) is 26.3 Å². The summed E-state index contributed by atoms with van der Waals surface area (Å²) < 4.78 is 25.5. The molecule has 1 aliphatic heterocycles. The average molecular weight is 206 g/mol. The Balaban J connectivity index is 2.47. The molecule has 0 aromatic heterocycles. The summed E-state index contributed by atoms with van der Waals surface area (Å²) in [5, 5.41) is 3.16. The summed E-state index contributed by atoms with van der Waals surface area (Å²) in [4.78, 5) is 0. The van der Waals surface area contributed by atoms with Crippen LogP contribution in [0, 0.1) is 5.92 Å². The molecule has 2 N–H and O–H groups in total. The Morgan fingerprint density at radius 1 is 1.46 bits per heavy atom. The maximum Gasteiger partial charge on any atom is 0.211 e. The average Bonchev–Trinajstić information content (AvgIpc) is 2.35. The largest absolute Gasteiger partial charge is 0.315 e. The highest BCUT2D eigenvalue weighted by molar-refractivity contribution is 7.89. The summed E-state index contributed by atoms with van der Waals surface area (Å²) in [6.45, 7) is 5.58. The summed E-state index contributed by atoms with van der Waals surface area (Å²) in [5.74, 6) is 0.627. The predicted molar refractivity (Wildman–Crippen MR) is 53.0 cm³/mol. The van der Waals surface area contributed by atoms with Crippen LogP contribution in [0.25, 0.3) is 0 Å². The van der Waals surface area contributed by atoms with Crippen molar-refractivity contribution in [1.29, 1.82) is 0 Å². The zero-order valence-electron chi connectivity index (χ0n) is 8.21. The van der Waals surface area contributed by atoms with E-state index < -0.39 is 10.0 Å². The fourth-order valence-corrected chi connectivity index (χ4v) is 2.96. The van der Waals surface area contributed by atoms with Gasteiger partial charge in [0.25, 0.3) is 0 Å². The van der Waals surface area contributed by atoms with Crippen LogP contribution in [-0.2, 0) is 10.0 Å². The summed E-state index contributed by atoms with van der Waals surface area (Å²) in [5.41, 5.74) is 0. The van der Waals surface area contributed by atoms with E-state index in [0.29, 0.717) is 12.3 Å². The zero-order valence-corrected chi connectivity index (χ0v) is 9.02. The standard InChI is InChI=1S/C8H18N2O2S/c1-3-4-13(11,12)10-8-6-9-5-7(8)2/h7-10H,3-6H2,1-2H3. The number of nitrogens with one attached hydrogen (secondary N) is 2. The van der Waals surface area contributed by atoms with Gasteiger partial charge in [-0.2, -0.15) is 0 Å². The van der Waals surface area contributed by atoms with Crippen LogP contribution in [-0.4, -0.2) is 33.3 Å². The highest BCUT2D eigenvalue weighted by atomic mass is 32.2. The molecular formula is C8H18N2O2S. The van der Waals surface area contributed by atoms with E-state index >= 15 is 0 Å². The van der Waals surface area contributed by atoms with Gasteiger partial charge in [0, 0.05) is 12.6 Å². The topological polar surface area (TPSA) is 58.2 Å². The van der Waals surface area contributed by atoms with E-state index in [4.69, 9.17) is 0 Å². The van der Waals surface area contributed by atoms with Crippen molar-refractivity contribution in [3.05, 3.63) is 0 Å². The van der Waals surface area contributed by atoms with Crippen LogP contribution in [0.4, 0.5) is 0 Å². The first-order valence-electron chi connectivity index (χ1n) is 4.76. The molecule has 2 unspecified atom stereocenters. The van der Waals surface area contributed by atoms with E-state index in [-0.39, 0.29) is 11.8 Å². The number of rotatable bonds is 4. The van der Waals surface area contributed by atoms with Gasteiger partial charge < -0.3 is 5.32 Å². The van der Waals surface area contributed by atoms with E-state index in [9.17, 15) is 8.42 Å². The SMILES string of the molecule is CCCS(=O)(=O)NC1CNCC1C. The molecule has 0 bridgehead atoms. The molecule has 1 saturated heterocycles. The highest BCUT2D eigenvalue weighted by Gasteiger charge is 2.26. The molecule has 4 nitrogen and oxygen atoms in total. The molecule has 1 rings (SSSR count). The van der Waals surface area contributed by atoms with Gasteiger partial charge >= 0.3 is 0 Å². The molecule has 13 heavy (non-hydrogen) atoms. The lowest BCUT2D eigenvalue weighted by Gasteiger charge is -2.15. The Morgan fingerprint density at radius 3 is 2.62 bits per heavy atom. The quantitative estimate of drug-likeness (QED) is 0.676. The Labute approximate surface area is 80.1 Å². The summed E-state index contributed by atoms with van der Waals surface area (Å²) in [6.07, 6.45) is 0.670. The molecule has 5 heteroatoms. The van der Waals surface area contributed by atoms with Crippen LogP contribution in [0.3, 0.4) is 0 Å². The normalized spacial score (nSPS) is 29.4. The van der Waals surface area contributed by atoms with Crippen molar-refractivity contribution in [1.82, 2.24) is 10.0 Å². The maximum atomic E-state index is 11.4. The van der Waals surface area contributed by atoms with E-state index in [2.05, 4.69) is 17.0 Å². The predicted octanol–water partition coefficient (Wildman–Crippen LogP) is -0.0763. The van der Waals surface area contributed by atoms with Crippen molar-refractivity contribution >= 4 is 10.0 Å². The fraction of sp³-hybridized carbons (Fsp3) is 1.00. The minimum Gasteiger partial charge on any atom is -0.315 e. The molecule has 0 aromatic rings. The monoisotopic (exact) mass is 206 g/mol. The molecule has 0 aliphatic carbocycles. The van der Waals surface area contributed by atoms with Gasteiger partial charge in [-0.15, -0.1) is 0 Å². The molecule has 1 fully saturated rings. The zero-order chi connectivity index (χ0) is 9.90. The molecule has 1 aliphatic rings. The van der Waals surface area contributed by atoms with Gasteiger partial charge in [-0.1, -0.05) is 13.8 Å². The number of sulfonamides is 1. The molecule has 2 atom stereocenters. The minimum absolute atomic E-state index is 0.0801. The van der Waals surface area contributed by atoms with Gasteiger partial charge in [-0.3, -0.25) is 0 Å². The molecule has 0 saturated carbocycles. The second-order valence-corrected chi connectivity index (χ2v) is 5.55. The van der Waals surface area contributed by atoms with Gasteiger partial charge in [0.1, 0.15) is 0 Å². The first-order chi connectivity index (χ1) is 6.05. The Kier molecular flexibility index (Phi) is 3.70. The van der Waals surface area contributed by atoms with Gasteiger partial charge in [-0.25, -0.2) is 13.1 Å². The third kappa shape index (κ3) is 3.25. The van der Waals surface area contributed by atoms with Crippen LogP contribution in [0.15, 0.2) is 0 Å². The van der Waals surface area contributed by atoms with Crippen molar-refractivity contribution in [3.8, 4) is 0 Å². The Morgan fingerprint density at radius 2 is 2.15 bits per heavy atom. The van der Waals surface area contributed by atoms with Crippen LogP contribution < -0.4 is 10.0 Å². The molecule has 0 radical (unpaired) electrons. The maximum absolute atomic E-state index is 11.4. The summed E-state index contributed by atoms with van der Waals surface area (Å²) in [7, 11) is -3.04. The van der Waals surface area contributed by atoms with E-state index in [1.807, 2.05) is 6.92 Å². The highest BCUT2D eigenvalue weighted by Crippen LogP contribution is 2.08.